The van der Waals surface area contributed by atoms with Gasteiger partial charge in [0.05, 0.1) is 0 Å². The van der Waals surface area contributed by atoms with Crippen LogP contribution in [0.1, 0.15) is 18.5 Å². The Morgan fingerprint density at radius 1 is 1.08 bits per heavy atom. The number of aromatic nitrogens is 1. The minimum atomic E-state index is 0.185. The molecule has 1 amide bonds. The molecule has 0 bridgehead atoms. The third kappa shape index (κ3) is 3.40. The number of hydrogen-bond donors (Lipinski definition) is 0. The van der Waals surface area contributed by atoms with Gasteiger partial charge in [-0.05, 0) is 42.8 Å². The van der Waals surface area contributed by atoms with Crippen LogP contribution >= 0.6 is 0 Å². The minimum Gasteiger partial charge on any atom is -0.487 e. The molecule has 1 saturated heterocycles. The lowest BCUT2D eigenvalue weighted by Gasteiger charge is -2.15. The van der Waals surface area contributed by atoms with Crippen LogP contribution in [0.15, 0.2) is 65.3 Å². The number of amides is 1. The summed E-state index contributed by atoms with van der Waals surface area (Å²) in [6.45, 7) is 1.12. The maximum atomic E-state index is 11.8. The number of ether oxygens (including phenoxy) is 1. The van der Waals surface area contributed by atoms with Crippen molar-refractivity contribution in [3.63, 3.8) is 0 Å². The van der Waals surface area contributed by atoms with Gasteiger partial charge in [0.25, 0.3) is 0 Å². The fraction of sp³-hybridized carbons (Fsp3) is 0.200. The summed E-state index contributed by atoms with van der Waals surface area (Å²) in [7, 11) is 0. The Kier molecular flexibility index (Phi) is 4.21. The van der Waals surface area contributed by atoms with E-state index in [1.54, 1.807) is 6.26 Å². The van der Waals surface area contributed by atoms with Crippen LogP contribution < -0.4 is 9.64 Å². The zero-order valence-corrected chi connectivity index (χ0v) is 13.7. The van der Waals surface area contributed by atoms with E-state index in [0.29, 0.717) is 18.9 Å². The van der Waals surface area contributed by atoms with Crippen molar-refractivity contribution in [3.8, 4) is 17.2 Å². The molecule has 25 heavy (non-hydrogen) atoms. The molecule has 3 aromatic rings. The number of anilines is 1. The van der Waals surface area contributed by atoms with Crippen LogP contribution in [-0.4, -0.2) is 17.4 Å². The van der Waals surface area contributed by atoms with Crippen molar-refractivity contribution in [1.82, 2.24) is 4.98 Å². The summed E-state index contributed by atoms with van der Waals surface area (Å²) in [6.07, 6.45) is 3.17. The fourth-order valence-corrected chi connectivity index (χ4v) is 2.89. The molecule has 1 aliphatic rings. The first-order valence-corrected chi connectivity index (χ1v) is 8.33. The first-order valence-electron chi connectivity index (χ1n) is 8.33. The van der Waals surface area contributed by atoms with Crippen LogP contribution in [0.5, 0.6) is 5.75 Å². The Hall–Kier alpha value is -3.08. The summed E-state index contributed by atoms with van der Waals surface area (Å²) in [5, 5.41) is 0. The van der Waals surface area contributed by atoms with Gasteiger partial charge in [0.15, 0.2) is 0 Å². The van der Waals surface area contributed by atoms with Gasteiger partial charge in [0, 0.05) is 24.2 Å². The SMILES string of the molecule is O=C1CCCN1c1ccc(OCc2coc(-c3ccccc3)n2)cc1. The molecular formula is C20H18N2O3. The number of rotatable bonds is 5. The molecule has 5 heteroatoms. The summed E-state index contributed by atoms with van der Waals surface area (Å²) in [5.41, 5.74) is 2.59. The number of hydrogen-bond acceptors (Lipinski definition) is 4. The number of nitrogens with zero attached hydrogens (tertiary/aromatic N) is 2. The van der Waals surface area contributed by atoms with Crippen LogP contribution in [0.3, 0.4) is 0 Å². The Labute approximate surface area is 145 Å². The van der Waals surface area contributed by atoms with Gasteiger partial charge in [-0.15, -0.1) is 0 Å². The predicted molar refractivity (Wildman–Crippen MR) is 94.3 cm³/mol. The highest BCUT2D eigenvalue weighted by atomic mass is 16.5. The van der Waals surface area contributed by atoms with E-state index in [9.17, 15) is 4.79 Å². The highest BCUT2D eigenvalue weighted by Gasteiger charge is 2.21. The van der Waals surface area contributed by atoms with Gasteiger partial charge < -0.3 is 14.1 Å². The second-order valence-corrected chi connectivity index (χ2v) is 5.94. The van der Waals surface area contributed by atoms with Crippen molar-refractivity contribution in [1.29, 1.82) is 0 Å². The Bertz CT molecular complexity index is 856. The summed E-state index contributed by atoms with van der Waals surface area (Å²) in [6, 6.07) is 17.3. The van der Waals surface area contributed by atoms with Crippen molar-refractivity contribution >= 4 is 11.6 Å². The van der Waals surface area contributed by atoms with E-state index in [4.69, 9.17) is 9.15 Å². The first-order chi connectivity index (χ1) is 12.3. The van der Waals surface area contributed by atoms with E-state index in [0.717, 1.165) is 35.7 Å². The highest BCUT2D eigenvalue weighted by Crippen LogP contribution is 2.24. The van der Waals surface area contributed by atoms with E-state index >= 15 is 0 Å². The second kappa shape index (κ2) is 6.81. The molecule has 2 heterocycles. The third-order valence-electron chi connectivity index (χ3n) is 4.18. The Balaban J connectivity index is 1.38. The molecule has 1 aromatic heterocycles. The smallest absolute Gasteiger partial charge is 0.227 e. The van der Waals surface area contributed by atoms with Crippen LogP contribution in [0.2, 0.25) is 0 Å². The lowest BCUT2D eigenvalue weighted by molar-refractivity contribution is -0.117. The van der Waals surface area contributed by atoms with Gasteiger partial charge >= 0.3 is 0 Å². The predicted octanol–water partition coefficient (Wildman–Crippen LogP) is 4.05. The molecule has 1 fully saturated rings. The summed E-state index contributed by atoms with van der Waals surface area (Å²) in [4.78, 5) is 18.0. The van der Waals surface area contributed by atoms with Crippen molar-refractivity contribution in [3.05, 3.63) is 66.6 Å². The normalized spacial score (nSPS) is 14.1. The van der Waals surface area contributed by atoms with Crippen LogP contribution in [0, 0.1) is 0 Å². The van der Waals surface area contributed by atoms with Gasteiger partial charge in [-0.3, -0.25) is 4.79 Å². The van der Waals surface area contributed by atoms with Crippen molar-refractivity contribution in [2.75, 3.05) is 11.4 Å². The second-order valence-electron chi connectivity index (χ2n) is 5.94. The topological polar surface area (TPSA) is 55.6 Å². The lowest BCUT2D eigenvalue weighted by Crippen LogP contribution is -2.23. The zero-order valence-electron chi connectivity index (χ0n) is 13.7. The third-order valence-corrected chi connectivity index (χ3v) is 4.18. The van der Waals surface area contributed by atoms with Crippen molar-refractivity contribution in [2.24, 2.45) is 0 Å². The summed E-state index contributed by atoms with van der Waals surface area (Å²) in [5.74, 6) is 1.51. The molecule has 4 rings (SSSR count). The lowest BCUT2D eigenvalue weighted by atomic mass is 10.2. The molecule has 0 saturated carbocycles. The van der Waals surface area contributed by atoms with Crippen molar-refractivity contribution in [2.45, 2.75) is 19.4 Å². The summed E-state index contributed by atoms with van der Waals surface area (Å²) >= 11 is 0. The van der Waals surface area contributed by atoms with Gasteiger partial charge in [-0.1, -0.05) is 18.2 Å². The fourth-order valence-electron chi connectivity index (χ4n) is 2.89. The number of oxazole rings is 1. The minimum absolute atomic E-state index is 0.185. The number of carbonyl (C=O) groups excluding carboxylic acids is 1. The standard InChI is InChI=1S/C20H18N2O3/c23-19-7-4-12-22(19)17-8-10-18(11-9-17)24-13-16-14-25-20(21-16)15-5-2-1-3-6-15/h1-3,5-6,8-11,14H,4,7,12-13H2. The van der Waals surface area contributed by atoms with E-state index in [1.165, 1.54) is 0 Å². The van der Waals surface area contributed by atoms with Crippen LogP contribution in [-0.2, 0) is 11.4 Å². The number of benzene rings is 2. The molecule has 1 aliphatic heterocycles. The largest absolute Gasteiger partial charge is 0.487 e. The van der Waals surface area contributed by atoms with Gasteiger partial charge in [-0.2, -0.15) is 0 Å². The molecular weight excluding hydrogens is 316 g/mol. The highest BCUT2D eigenvalue weighted by molar-refractivity contribution is 5.95. The Morgan fingerprint density at radius 2 is 1.88 bits per heavy atom. The maximum Gasteiger partial charge on any atom is 0.227 e. The zero-order chi connectivity index (χ0) is 17.1. The molecule has 126 valence electrons. The van der Waals surface area contributed by atoms with Gasteiger partial charge in [0.2, 0.25) is 11.8 Å². The van der Waals surface area contributed by atoms with Crippen LogP contribution in [0.4, 0.5) is 5.69 Å². The average Bonchev–Trinajstić information content (AvgIpc) is 3.30. The Morgan fingerprint density at radius 3 is 2.60 bits per heavy atom. The van der Waals surface area contributed by atoms with E-state index in [-0.39, 0.29) is 5.91 Å². The first kappa shape index (κ1) is 15.4. The molecule has 0 unspecified atom stereocenters. The molecule has 0 spiro atoms. The average molecular weight is 334 g/mol. The van der Waals surface area contributed by atoms with E-state index in [1.807, 2.05) is 59.5 Å². The van der Waals surface area contributed by atoms with E-state index < -0.39 is 0 Å². The van der Waals surface area contributed by atoms with E-state index in [2.05, 4.69) is 4.98 Å². The van der Waals surface area contributed by atoms with Gasteiger partial charge in [-0.25, -0.2) is 4.98 Å². The van der Waals surface area contributed by atoms with Crippen molar-refractivity contribution < 1.29 is 13.9 Å². The molecule has 0 atom stereocenters. The number of carbonyl (C=O) groups is 1. The monoisotopic (exact) mass is 334 g/mol. The molecule has 5 nitrogen and oxygen atoms in total. The molecule has 0 aliphatic carbocycles. The van der Waals surface area contributed by atoms with Crippen LogP contribution in [0.25, 0.3) is 11.5 Å². The van der Waals surface area contributed by atoms with Gasteiger partial charge in [0.1, 0.15) is 24.3 Å². The maximum absolute atomic E-state index is 11.8. The quantitative estimate of drug-likeness (QED) is 0.706. The molecule has 0 radical (unpaired) electrons. The molecule has 2 aromatic carbocycles. The molecule has 0 N–H and O–H groups in total. The summed E-state index contributed by atoms with van der Waals surface area (Å²) < 4.78 is 11.3.